The minimum Gasteiger partial charge on any atom is -0.489 e. The highest BCUT2D eigenvalue weighted by molar-refractivity contribution is 5.96. The number of carbonyl (C=O) groups is 2. The molecule has 7 nitrogen and oxygen atoms in total. The van der Waals surface area contributed by atoms with E-state index in [9.17, 15) is 9.59 Å². The molecule has 0 saturated heterocycles. The van der Waals surface area contributed by atoms with Gasteiger partial charge in [0.15, 0.2) is 0 Å². The third kappa shape index (κ3) is 6.87. The molecule has 1 aliphatic rings. The second kappa shape index (κ2) is 12.8. The fraction of sp³-hybridized carbons (Fsp3) is 0.250. The summed E-state index contributed by atoms with van der Waals surface area (Å²) < 4.78 is 29.1. The van der Waals surface area contributed by atoms with Crippen molar-refractivity contribution >= 4 is 22.7 Å². The van der Waals surface area contributed by atoms with Gasteiger partial charge in [0.1, 0.15) is 49.4 Å². The quantitative estimate of drug-likeness (QED) is 0.165. The van der Waals surface area contributed by atoms with E-state index in [-0.39, 0.29) is 26.4 Å². The lowest BCUT2D eigenvalue weighted by atomic mass is 9.89. The number of fused-ring (bicyclic) bond motifs is 2. The number of esters is 2. The summed E-state index contributed by atoms with van der Waals surface area (Å²) in [6.07, 6.45) is 3.08. The first-order valence-electron chi connectivity index (χ1n) is 12.7. The Bertz CT molecular complexity index is 1420. The molecule has 0 N–H and O–H groups in total. The van der Waals surface area contributed by atoms with Crippen LogP contribution in [0.5, 0.6) is 17.2 Å². The van der Waals surface area contributed by atoms with Gasteiger partial charge in [-0.05, 0) is 38.5 Å². The molecule has 0 spiro atoms. The summed E-state index contributed by atoms with van der Waals surface area (Å²) in [4.78, 5) is 23.6. The van der Waals surface area contributed by atoms with E-state index in [1.807, 2.05) is 60.7 Å². The lowest BCUT2D eigenvalue weighted by Gasteiger charge is -2.25. The van der Waals surface area contributed by atoms with E-state index in [0.717, 1.165) is 33.4 Å². The first-order valence-corrected chi connectivity index (χ1v) is 12.7. The normalized spacial score (nSPS) is 12.1. The van der Waals surface area contributed by atoms with Crippen molar-refractivity contribution in [1.82, 2.24) is 0 Å². The fourth-order valence-electron chi connectivity index (χ4n) is 4.19. The highest BCUT2D eigenvalue weighted by Gasteiger charge is 2.25. The largest absolute Gasteiger partial charge is 0.489 e. The van der Waals surface area contributed by atoms with E-state index >= 15 is 0 Å². The molecule has 202 valence electrons. The maximum atomic E-state index is 11.8. The molecule has 39 heavy (non-hydrogen) atoms. The van der Waals surface area contributed by atoms with E-state index in [2.05, 4.69) is 13.2 Å². The van der Waals surface area contributed by atoms with Crippen LogP contribution in [-0.2, 0) is 31.9 Å². The number of hydrogen-bond acceptors (Lipinski definition) is 7. The second-order valence-electron chi connectivity index (χ2n) is 9.16. The van der Waals surface area contributed by atoms with Crippen LogP contribution >= 0.6 is 0 Å². The second-order valence-corrected chi connectivity index (χ2v) is 9.16. The highest BCUT2D eigenvalue weighted by Crippen LogP contribution is 2.44. The van der Waals surface area contributed by atoms with Crippen LogP contribution in [0.2, 0.25) is 0 Å². The standard InChI is InChI=1S/C32H32O7/c1-21(2)31(33)37-18-16-35-29-25-12-8-9-13-26(25)30(36-17-19-38-32(34)22(3)4)28-20-24(14-15-27(28)29)39-23-10-6-5-7-11-23/h5-14H,1,3,15-20H2,2,4H3. The molecular formula is C32H32O7. The number of carbonyl (C=O) groups excluding carboxylic acids is 2. The molecule has 0 aliphatic heterocycles. The Morgan fingerprint density at radius 2 is 1.23 bits per heavy atom. The SMILES string of the molecule is C=C(C)C(=O)OCCOc1c2c(c(OCCOC(=O)C(=C)C)c3ccccc13)CC(Oc1ccccc1)=CC2. The van der Waals surface area contributed by atoms with Gasteiger partial charge in [0.2, 0.25) is 0 Å². The van der Waals surface area contributed by atoms with Crippen molar-refractivity contribution in [2.75, 3.05) is 26.4 Å². The minimum atomic E-state index is -0.455. The number of para-hydroxylation sites is 1. The molecule has 0 saturated carbocycles. The predicted molar refractivity (Wildman–Crippen MR) is 149 cm³/mol. The van der Waals surface area contributed by atoms with Gasteiger partial charge in [0.05, 0.1) is 0 Å². The molecule has 0 fully saturated rings. The lowest BCUT2D eigenvalue weighted by Crippen LogP contribution is -2.17. The lowest BCUT2D eigenvalue weighted by molar-refractivity contribution is -0.140. The van der Waals surface area contributed by atoms with E-state index in [1.165, 1.54) is 0 Å². The van der Waals surface area contributed by atoms with Gasteiger partial charge in [-0.1, -0.05) is 55.6 Å². The van der Waals surface area contributed by atoms with Crippen LogP contribution in [0, 0.1) is 0 Å². The Labute approximate surface area is 228 Å². The van der Waals surface area contributed by atoms with Crippen LogP contribution < -0.4 is 14.2 Å². The molecular weight excluding hydrogens is 496 g/mol. The van der Waals surface area contributed by atoms with Gasteiger partial charge in [0.25, 0.3) is 0 Å². The van der Waals surface area contributed by atoms with Crippen LogP contribution in [0.1, 0.15) is 25.0 Å². The van der Waals surface area contributed by atoms with E-state index in [4.69, 9.17) is 23.7 Å². The topological polar surface area (TPSA) is 80.3 Å². The Morgan fingerprint density at radius 3 is 1.77 bits per heavy atom. The van der Waals surface area contributed by atoms with Crippen molar-refractivity contribution in [2.24, 2.45) is 0 Å². The highest BCUT2D eigenvalue weighted by atomic mass is 16.6. The molecule has 0 amide bonds. The van der Waals surface area contributed by atoms with Crippen LogP contribution in [-0.4, -0.2) is 38.4 Å². The summed E-state index contributed by atoms with van der Waals surface area (Å²) in [7, 11) is 0. The molecule has 7 heteroatoms. The molecule has 4 rings (SSSR count). The van der Waals surface area contributed by atoms with Gasteiger partial charge in [-0.3, -0.25) is 0 Å². The number of rotatable bonds is 12. The third-order valence-electron chi connectivity index (χ3n) is 6.03. The zero-order valence-electron chi connectivity index (χ0n) is 22.3. The minimum absolute atomic E-state index is 0.0876. The molecule has 0 aromatic heterocycles. The van der Waals surface area contributed by atoms with Crippen molar-refractivity contribution in [2.45, 2.75) is 26.7 Å². The van der Waals surface area contributed by atoms with Crippen molar-refractivity contribution in [3.63, 3.8) is 0 Å². The van der Waals surface area contributed by atoms with Gasteiger partial charge in [-0.25, -0.2) is 9.59 Å². The van der Waals surface area contributed by atoms with Gasteiger partial charge >= 0.3 is 11.9 Å². The molecule has 1 aliphatic carbocycles. The number of allylic oxidation sites excluding steroid dienone is 2. The zero-order valence-corrected chi connectivity index (χ0v) is 22.3. The van der Waals surface area contributed by atoms with E-state index in [0.29, 0.717) is 35.5 Å². The maximum Gasteiger partial charge on any atom is 0.333 e. The van der Waals surface area contributed by atoms with Gasteiger partial charge in [0, 0.05) is 39.5 Å². The smallest absolute Gasteiger partial charge is 0.333 e. The molecule has 0 atom stereocenters. The average molecular weight is 529 g/mol. The Balaban J connectivity index is 1.64. The molecule has 3 aromatic carbocycles. The monoisotopic (exact) mass is 528 g/mol. The van der Waals surface area contributed by atoms with Gasteiger partial charge in [-0.15, -0.1) is 0 Å². The van der Waals surface area contributed by atoms with Crippen molar-refractivity contribution in [3.05, 3.63) is 102 Å². The number of hydrogen-bond donors (Lipinski definition) is 0. The average Bonchev–Trinajstić information content (AvgIpc) is 2.94. The van der Waals surface area contributed by atoms with Crippen molar-refractivity contribution in [1.29, 1.82) is 0 Å². The van der Waals surface area contributed by atoms with E-state index in [1.54, 1.807) is 13.8 Å². The summed E-state index contributed by atoms with van der Waals surface area (Å²) in [5.74, 6) is 2.04. The van der Waals surface area contributed by atoms with Crippen molar-refractivity contribution in [3.8, 4) is 17.2 Å². The zero-order chi connectivity index (χ0) is 27.8. The van der Waals surface area contributed by atoms with Crippen molar-refractivity contribution < 1.29 is 33.3 Å². The predicted octanol–water partition coefficient (Wildman–Crippen LogP) is 5.90. The summed E-state index contributed by atoms with van der Waals surface area (Å²) in [5, 5.41) is 1.73. The molecule has 0 unspecified atom stereocenters. The van der Waals surface area contributed by atoms with Gasteiger partial charge in [-0.2, -0.15) is 0 Å². The van der Waals surface area contributed by atoms with E-state index < -0.39 is 11.9 Å². The van der Waals surface area contributed by atoms with Crippen LogP contribution in [0.15, 0.2) is 90.7 Å². The molecule has 0 bridgehead atoms. The summed E-state index contributed by atoms with van der Waals surface area (Å²) in [6.45, 7) is 11.0. The van der Waals surface area contributed by atoms with Gasteiger partial charge < -0.3 is 23.7 Å². The molecule has 3 aromatic rings. The maximum absolute atomic E-state index is 11.8. The van der Waals surface area contributed by atoms with Crippen LogP contribution in [0.25, 0.3) is 10.8 Å². The number of benzene rings is 3. The first-order chi connectivity index (χ1) is 18.8. The Morgan fingerprint density at radius 1 is 0.718 bits per heavy atom. The fourth-order valence-corrected chi connectivity index (χ4v) is 4.19. The number of ether oxygens (including phenoxy) is 5. The Kier molecular flexibility index (Phi) is 9.05. The molecule has 0 radical (unpaired) electrons. The first kappa shape index (κ1) is 27.5. The summed E-state index contributed by atoms with van der Waals surface area (Å²) >= 11 is 0. The molecule has 0 heterocycles. The van der Waals surface area contributed by atoms with Crippen LogP contribution in [0.4, 0.5) is 0 Å². The Hall–Kier alpha value is -4.52. The summed E-state index contributed by atoms with van der Waals surface area (Å²) in [5.41, 5.74) is 2.57. The third-order valence-corrected chi connectivity index (χ3v) is 6.03. The van der Waals surface area contributed by atoms with Crippen LogP contribution in [0.3, 0.4) is 0 Å². The summed E-state index contributed by atoms with van der Waals surface area (Å²) in [6, 6.07) is 17.4.